The van der Waals surface area contributed by atoms with Gasteiger partial charge in [0.1, 0.15) is 6.10 Å². The maximum absolute atomic E-state index is 14.8. The predicted octanol–water partition coefficient (Wildman–Crippen LogP) is 8.46. The zero-order chi connectivity index (χ0) is 25.7. The number of benzene rings is 2. The molecule has 0 N–H and O–H groups in total. The molecule has 2 aliphatic rings. The second-order valence-electron chi connectivity index (χ2n) is 10.6. The van der Waals surface area contributed by atoms with Crippen LogP contribution in [0.2, 0.25) is 0 Å². The van der Waals surface area contributed by atoms with Gasteiger partial charge in [-0.15, -0.1) is 0 Å². The number of esters is 1. The van der Waals surface area contributed by atoms with Crippen molar-refractivity contribution in [3.63, 3.8) is 0 Å². The highest BCUT2D eigenvalue weighted by molar-refractivity contribution is 5.90. The van der Waals surface area contributed by atoms with E-state index in [1.807, 2.05) is 6.07 Å². The van der Waals surface area contributed by atoms with E-state index in [4.69, 9.17) is 9.47 Å². The first-order valence-corrected chi connectivity index (χ1v) is 13.5. The molecule has 0 unspecified atom stereocenters. The van der Waals surface area contributed by atoms with Gasteiger partial charge in [0.2, 0.25) is 0 Å². The molecule has 0 spiro atoms. The van der Waals surface area contributed by atoms with E-state index >= 15 is 0 Å². The molecule has 0 saturated heterocycles. The van der Waals surface area contributed by atoms with E-state index in [0.717, 1.165) is 56.9 Å². The molecule has 3 nitrogen and oxygen atoms in total. The van der Waals surface area contributed by atoms with Crippen LogP contribution in [0, 0.1) is 23.4 Å². The van der Waals surface area contributed by atoms with Crippen molar-refractivity contribution in [3.8, 4) is 5.75 Å². The number of hydrogen-bond donors (Lipinski definition) is 0. The summed E-state index contributed by atoms with van der Waals surface area (Å²) < 4.78 is 55.2. The summed E-state index contributed by atoms with van der Waals surface area (Å²) >= 11 is 0. The Morgan fingerprint density at radius 3 is 2.25 bits per heavy atom. The van der Waals surface area contributed by atoms with E-state index in [1.54, 1.807) is 12.1 Å². The van der Waals surface area contributed by atoms with Crippen LogP contribution in [0.4, 0.5) is 13.2 Å². The van der Waals surface area contributed by atoms with E-state index in [-0.39, 0.29) is 35.1 Å². The number of carbonyl (C=O) groups is 1. The molecule has 0 aromatic heterocycles. The van der Waals surface area contributed by atoms with Crippen LogP contribution in [0.25, 0.3) is 0 Å². The van der Waals surface area contributed by atoms with E-state index in [1.165, 1.54) is 12.1 Å². The van der Waals surface area contributed by atoms with Gasteiger partial charge in [-0.25, -0.2) is 18.0 Å². The van der Waals surface area contributed by atoms with Crippen LogP contribution >= 0.6 is 0 Å². The summed E-state index contributed by atoms with van der Waals surface area (Å²) in [6.07, 6.45) is 7.81. The molecule has 0 radical (unpaired) electrons. The van der Waals surface area contributed by atoms with Gasteiger partial charge in [-0.3, -0.25) is 0 Å². The number of halogens is 3. The van der Waals surface area contributed by atoms with Crippen LogP contribution in [-0.4, -0.2) is 18.7 Å². The molecule has 2 aromatic rings. The van der Waals surface area contributed by atoms with E-state index in [0.29, 0.717) is 30.9 Å². The number of unbranched alkanes of at least 4 members (excludes halogenated alkanes) is 1. The van der Waals surface area contributed by atoms with Crippen molar-refractivity contribution in [1.82, 2.24) is 0 Å². The molecule has 4 rings (SSSR count). The minimum Gasteiger partial charge on any atom is -0.491 e. The molecular formula is C30H37F3O3. The van der Waals surface area contributed by atoms with Crippen LogP contribution < -0.4 is 4.74 Å². The Kier molecular flexibility index (Phi) is 8.97. The van der Waals surface area contributed by atoms with Crippen LogP contribution in [-0.2, 0) is 4.74 Å². The Morgan fingerprint density at radius 1 is 0.889 bits per heavy atom. The van der Waals surface area contributed by atoms with Crippen LogP contribution in [0.3, 0.4) is 0 Å². The highest BCUT2D eigenvalue weighted by Crippen LogP contribution is 2.38. The largest absolute Gasteiger partial charge is 0.491 e. The average molecular weight is 503 g/mol. The highest BCUT2D eigenvalue weighted by Gasteiger charge is 2.29. The fourth-order valence-corrected chi connectivity index (χ4v) is 5.55. The quantitative estimate of drug-likeness (QED) is 0.268. The Morgan fingerprint density at radius 2 is 1.58 bits per heavy atom. The molecule has 0 bridgehead atoms. The Balaban J connectivity index is 1.32. The van der Waals surface area contributed by atoms with Gasteiger partial charge in [0.25, 0.3) is 0 Å². The summed E-state index contributed by atoms with van der Waals surface area (Å²) in [4.78, 5) is 12.7. The molecule has 0 heterocycles. The SMILES string of the molecule is CCCCOc1ccc(C2CCC(OC(=O)c3ccc(C4CCC(C)CC4)c(F)c3F)CC2)cc1F. The normalized spacial score (nSPS) is 24.4. The molecule has 6 heteroatoms. The summed E-state index contributed by atoms with van der Waals surface area (Å²) in [6, 6.07) is 8.03. The third kappa shape index (κ3) is 6.24. The second-order valence-corrected chi connectivity index (χ2v) is 10.6. The standard InChI is InChI=1S/C30H37F3O3/c1-3-4-17-35-27-16-11-22(18-26(27)31)20-9-12-23(13-10-20)36-30(34)25-15-14-24(28(32)29(25)33)21-7-5-19(2)6-8-21/h11,14-16,18-21,23H,3-10,12-13,17H2,1-2H3. The molecule has 0 aliphatic heterocycles. The second kappa shape index (κ2) is 12.2. The molecule has 36 heavy (non-hydrogen) atoms. The first kappa shape index (κ1) is 26.6. The summed E-state index contributed by atoms with van der Waals surface area (Å²) in [5.74, 6) is -2.17. The van der Waals surface area contributed by atoms with Gasteiger partial charge in [0, 0.05) is 0 Å². The molecule has 2 aliphatic carbocycles. The van der Waals surface area contributed by atoms with Gasteiger partial charge in [-0.1, -0.05) is 45.2 Å². The van der Waals surface area contributed by atoms with Crippen molar-refractivity contribution in [2.75, 3.05) is 6.61 Å². The Bertz CT molecular complexity index is 1040. The lowest BCUT2D eigenvalue weighted by Crippen LogP contribution is -2.25. The smallest absolute Gasteiger partial charge is 0.341 e. The summed E-state index contributed by atoms with van der Waals surface area (Å²) in [6.45, 7) is 4.73. The van der Waals surface area contributed by atoms with Gasteiger partial charge in [0.15, 0.2) is 23.2 Å². The maximum atomic E-state index is 14.8. The van der Waals surface area contributed by atoms with Crippen molar-refractivity contribution >= 4 is 5.97 Å². The molecule has 2 aromatic carbocycles. The highest BCUT2D eigenvalue weighted by atomic mass is 19.2. The van der Waals surface area contributed by atoms with Gasteiger partial charge in [0.05, 0.1) is 12.2 Å². The topological polar surface area (TPSA) is 35.5 Å². The Hall–Kier alpha value is -2.50. The number of carbonyl (C=O) groups excluding carboxylic acids is 1. The van der Waals surface area contributed by atoms with Crippen LogP contribution in [0.15, 0.2) is 30.3 Å². The zero-order valence-electron chi connectivity index (χ0n) is 21.3. The molecule has 0 atom stereocenters. The van der Waals surface area contributed by atoms with Crippen molar-refractivity contribution in [2.24, 2.45) is 5.92 Å². The monoisotopic (exact) mass is 502 g/mol. The number of ether oxygens (including phenoxy) is 2. The lowest BCUT2D eigenvalue weighted by Gasteiger charge is -2.29. The van der Waals surface area contributed by atoms with E-state index in [9.17, 15) is 18.0 Å². The lowest BCUT2D eigenvalue weighted by molar-refractivity contribution is 0.0189. The summed E-state index contributed by atoms with van der Waals surface area (Å²) in [5, 5.41) is 0. The third-order valence-corrected chi connectivity index (χ3v) is 7.92. The zero-order valence-corrected chi connectivity index (χ0v) is 21.3. The molecular weight excluding hydrogens is 465 g/mol. The van der Waals surface area contributed by atoms with Gasteiger partial charge in [-0.2, -0.15) is 0 Å². The average Bonchev–Trinajstić information content (AvgIpc) is 2.88. The minimum absolute atomic E-state index is 0.00199. The molecule has 0 amide bonds. The number of rotatable bonds is 8. The van der Waals surface area contributed by atoms with Gasteiger partial charge >= 0.3 is 5.97 Å². The number of hydrogen-bond acceptors (Lipinski definition) is 3. The fraction of sp³-hybridized carbons (Fsp3) is 0.567. The third-order valence-electron chi connectivity index (χ3n) is 7.92. The molecule has 196 valence electrons. The predicted molar refractivity (Wildman–Crippen MR) is 134 cm³/mol. The maximum Gasteiger partial charge on any atom is 0.341 e. The van der Waals surface area contributed by atoms with Crippen molar-refractivity contribution in [1.29, 1.82) is 0 Å². The first-order valence-electron chi connectivity index (χ1n) is 13.5. The molecule has 2 fully saturated rings. The summed E-state index contributed by atoms with van der Waals surface area (Å²) in [5.41, 5.74) is 0.926. The van der Waals surface area contributed by atoms with Gasteiger partial charge in [-0.05, 0) is 92.0 Å². The molecule has 2 saturated carbocycles. The van der Waals surface area contributed by atoms with Gasteiger partial charge < -0.3 is 9.47 Å². The van der Waals surface area contributed by atoms with E-state index in [2.05, 4.69) is 13.8 Å². The van der Waals surface area contributed by atoms with Crippen molar-refractivity contribution < 1.29 is 27.4 Å². The van der Waals surface area contributed by atoms with Crippen molar-refractivity contribution in [3.05, 3.63) is 64.5 Å². The van der Waals surface area contributed by atoms with E-state index < -0.39 is 17.6 Å². The Labute approximate surface area is 212 Å². The first-order chi connectivity index (χ1) is 17.4. The van der Waals surface area contributed by atoms with Crippen molar-refractivity contribution in [2.45, 2.75) is 96.0 Å². The van der Waals surface area contributed by atoms with Crippen LogP contribution in [0.1, 0.15) is 111 Å². The lowest BCUT2D eigenvalue weighted by atomic mass is 9.79. The minimum atomic E-state index is -1.11. The fourth-order valence-electron chi connectivity index (χ4n) is 5.55. The van der Waals surface area contributed by atoms with Crippen LogP contribution in [0.5, 0.6) is 5.75 Å². The summed E-state index contributed by atoms with van der Waals surface area (Å²) in [7, 11) is 0.